The third-order valence-corrected chi connectivity index (χ3v) is 6.04. The molecule has 0 bridgehead atoms. The van der Waals surface area contributed by atoms with E-state index in [0.29, 0.717) is 23.9 Å². The van der Waals surface area contributed by atoms with Crippen molar-refractivity contribution in [2.45, 2.75) is 45.1 Å². The van der Waals surface area contributed by atoms with E-state index in [9.17, 15) is 14.4 Å². The van der Waals surface area contributed by atoms with Crippen molar-refractivity contribution >= 4 is 22.8 Å². The minimum atomic E-state index is -0.670. The molecule has 8 heteroatoms. The van der Waals surface area contributed by atoms with Crippen molar-refractivity contribution in [1.82, 2.24) is 14.9 Å². The summed E-state index contributed by atoms with van der Waals surface area (Å²) < 4.78 is 7.04. The van der Waals surface area contributed by atoms with Gasteiger partial charge in [0.25, 0.3) is 11.5 Å². The first-order valence-corrected chi connectivity index (χ1v) is 11.3. The number of carbonyl (C=O) groups excluding carboxylic acids is 2. The quantitative estimate of drug-likeness (QED) is 0.447. The topological polar surface area (TPSA) is 101 Å². The van der Waals surface area contributed by atoms with Crippen LogP contribution in [0.25, 0.3) is 16.5 Å². The molecule has 3 aromatic rings. The van der Waals surface area contributed by atoms with Crippen LogP contribution in [0, 0.1) is 0 Å². The highest BCUT2D eigenvalue weighted by Gasteiger charge is 2.27. The molecule has 4 rings (SSSR count). The van der Waals surface area contributed by atoms with Crippen LogP contribution in [0.1, 0.15) is 55.5 Å². The molecule has 2 aromatic carbocycles. The molecule has 0 atom stereocenters. The first-order chi connectivity index (χ1) is 16.2. The Balaban J connectivity index is 1.56. The van der Waals surface area contributed by atoms with E-state index in [0.717, 1.165) is 24.1 Å². The summed E-state index contributed by atoms with van der Waals surface area (Å²) in [5, 5.41) is 10.00. The number of hydrogen-bond acceptors (Lipinski definition) is 5. The number of nitrogens with zero attached hydrogens (tertiary/aromatic N) is 2. The smallest absolute Gasteiger partial charge is 0.410 e. The highest BCUT2D eigenvalue weighted by Crippen LogP contribution is 2.30. The fraction of sp³-hybridized carbons (Fsp3) is 0.346. The van der Waals surface area contributed by atoms with Crippen molar-refractivity contribution in [3.05, 3.63) is 76.2 Å². The second kappa shape index (κ2) is 9.30. The summed E-state index contributed by atoms with van der Waals surface area (Å²) in [6.45, 7) is 6.82. The number of hydrogen-bond donors (Lipinski definition) is 2. The summed E-state index contributed by atoms with van der Waals surface area (Å²) in [7, 11) is 0. The molecule has 0 radical (unpaired) electrons. The number of aromatic nitrogens is 1. The predicted octanol–water partition coefficient (Wildman–Crippen LogP) is 4.22. The monoisotopic (exact) mass is 463 g/mol. The summed E-state index contributed by atoms with van der Waals surface area (Å²) in [4.78, 5) is 39.1. The minimum absolute atomic E-state index is 0.204. The first-order valence-electron chi connectivity index (χ1n) is 11.3. The fourth-order valence-electron chi connectivity index (χ4n) is 4.30. The number of piperidine rings is 1. The zero-order valence-corrected chi connectivity index (χ0v) is 19.6. The lowest BCUT2D eigenvalue weighted by Gasteiger charge is -2.33. The van der Waals surface area contributed by atoms with Gasteiger partial charge in [-0.3, -0.25) is 19.4 Å². The van der Waals surface area contributed by atoms with Gasteiger partial charge in [0.15, 0.2) is 0 Å². The molecule has 34 heavy (non-hydrogen) atoms. The average molecular weight is 464 g/mol. The molecular weight excluding hydrogens is 434 g/mol. The molecule has 1 aliphatic rings. The van der Waals surface area contributed by atoms with Crippen LogP contribution >= 0.6 is 0 Å². The molecule has 1 aromatic heterocycles. The van der Waals surface area contributed by atoms with Crippen molar-refractivity contribution < 1.29 is 19.5 Å². The summed E-state index contributed by atoms with van der Waals surface area (Å²) in [5.41, 5.74) is 2.88. The Kier molecular flexibility index (Phi) is 6.43. The van der Waals surface area contributed by atoms with Gasteiger partial charge in [-0.2, -0.15) is 0 Å². The molecular formula is C26H29N3O5. The molecule has 0 unspecified atom stereocenters. The Hall–Kier alpha value is -3.65. The van der Waals surface area contributed by atoms with E-state index in [4.69, 9.17) is 9.94 Å². The number of benzene rings is 2. The molecule has 0 spiro atoms. The molecule has 8 nitrogen and oxygen atoms in total. The number of rotatable bonds is 3. The van der Waals surface area contributed by atoms with Crippen LogP contribution < -0.4 is 11.0 Å². The van der Waals surface area contributed by atoms with Gasteiger partial charge in [0.05, 0.1) is 0 Å². The molecule has 178 valence electrons. The molecule has 1 saturated heterocycles. The summed E-state index contributed by atoms with van der Waals surface area (Å²) in [6.07, 6.45) is 3.07. The Morgan fingerprint density at radius 3 is 2.47 bits per heavy atom. The maximum atomic E-state index is 13.2. The van der Waals surface area contributed by atoms with Gasteiger partial charge in [-0.05, 0) is 80.8 Å². The van der Waals surface area contributed by atoms with Crippen molar-refractivity contribution in [3.8, 4) is 5.69 Å². The van der Waals surface area contributed by atoms with E-state index in [-0.39, 0.29) is 23.1 Å². The van der Waals surface area contributed by atoms with Gasteiger partial charge in [-0.1, -0.05) is 18.2 Å². The Bertz CT molecular complexity index is 1280. The van der Waals surface area contributed by atoms with Gasteiger partial charge in [-0.25, -0.2) is 10.3 Å². The van der Waals surface area contributed by atoms with Crippen molar-refractivity contribution in [2.24, 2.45) is 0 Å². The zero-order chi connectivity index (χ0) is 24.5. The highest BCUT2D eigenvalue weighted by atomic mass is 16.6. The van der Waals surface area contributed by atoms with Gasteiger partial charge in [-0.15, -0.1) is 0 Å². The van der Waals surface area contributed by atoms with Crippen LogP contribution in [-0.4, -0.2) is 45.4 Å². The highest BCUT2D eigenvalue weighted by molar-refractivity contribution is 5.97. The number of amides is 2. The maximum Gasteiger partial charge on any atom is 0.410 e. The fourth-order valence-corrected chi connectivity index (χ4v) is 4.30. The number of pyridine rings is 1. The van der Waals surface area contributed by atoms with Crippen LogP contribution in [0.15, 0.2) is 59.5 Å². The Morgan fingerprint density at radius 2 is 1.79 bits per heavy atom. The lowest BCUT2D eigenvalue weighted by atomic mass is 9.89. The largest absolute Gasteiger partial charge is 0.444 e. The number of fused-ring (bicyclic) bond motifs is 1. The van der Waals surface area contributed by atoms with Crippen LogP contribution in [0.5, 0.6) is 0 Å². The third kappa shape index (κ3) is 4.97. The van der Waals surface area contributed by atoms with Crippen LogP contribution in [-0.2, 0) is 4.74 Å². The minimum Gasteiger partial charge on any atom is -0.444 e. The second-order valence-electron chi connectivity index (χ2n) is 9.57. The van der Waals surface area contributed by atoms with Crippen LogP contribution in [0.4, 0.5) is 4.79 Å². The summed E-state index contributed by atoms with van der Waals surface area (Å²) in [5.74, 6) is -0.397. The van der Waals surface area contributed by atoms with Gasteiger partial charge in [0.2, 0.25) is 0 Å². The number of likely N-dealkylation sites (tertiary alicyclic amines) is 1. The second-order valence-corrected chi connectivity index (χ2v) is 9.57. The van der Waals surface area contributed by atoms with Crippen molar-refractivity contribution in [3.63, 3.8) is 0 Å². The maximum absolute atomic E-state index is 13.2. The summed E-state index contributed by atoms with van der Waals surface area (Å²) in [6, 6.07) is 14.4. The zero-order valence-electron chi connectivity index (χ0n) is 19.6. The number of carbonyl (C=O) groups is 2. The standard InChI is InChI=1S/C26H29N3O5/c1-26(2,3)34-25(32)28-12-9-17(10-13-28)19-5-4-6-21(15-19)29-14-11-18-7-8-20(23(30)27-33)16-22(18)24(29)31/h4-8,11,14-17,33H,9-10,12-13H2,1-3H3,(H,27,30). The molecule has 0 saturated carbocycles. The van der Waals surface area contributed by atoms with Gasteiger partial charge < -0.3 is 9.64 Å². The van der Waals surface area contributed by atoms with Gasteiger partial charge >= 0.3 is 6.09 Å². The van der Waals surface area contributed by atoms with E-state index < -0.39 is 11.5 Å². The van der Waals surface area contributed by atoms with Crippen LogP contribution in [0.2, 0.25) is 0 Å². The van der Waals surface area contributed by atoms with Crippen molar-refractivity contribution in [2.75, 3.05) is 13.1 Å². The van der Waals surface area contributed by atoms with Gasteiger partial charge in [0.1, 0.15) is 5.60 Å². The molecule has 2 N–H and O–H groups in total. The lowest BCUT2D eigenvalue weighted by molar-refractivity contribution is 0.0204. The predicted molar refractivity (Wildman–Crippen MR) is 129 cm³/mol. The first kappa shape index (κ1) is 23.5. The third-order valence-electron chi connectivity index (χ3n) is 6.04. The van der Waals surface area contributed by atoms with Gasteiger partial charge in [0, 0.05) is 35.9 Å². The van der Waals surface area contributed by atoms with E-state index in [1.807, 2.05) is 51.1 Å². The lowest BCUT2D eigenvalue weighted by Crippen LogP contribution is -2.41. The molecule has 2 heterocycles. The Labute approximate surface area is 197 Å². The number of hydroxylamine groups is 1. The molecule has 2 amide bonds. The van der Waals surface area contributed by atoms with E-state index in [2.05, 4.69) is 0 Å². The van der Waals surface area contributed by atoms with E-state index in [1.54, 1.807) is 33.3 Å². The SMILES string of the molecule is CC(C)(C)OC(=O)N1CCC(c2cccc(-n3ccc4ccc(C(=O)NO)cc4c3=O)c2)CC1. The number of ether oxygens (including phenoxy) is 1. The van der Waals surface area contributed by atoms with Crippen molar-refractivity contribution in [1.29, 1.82) is 0 Å². The normalized spacial score (nSPS) is 14.8. The molecule has 0 aliphatic carbocycles. The molecule has 1 fully saturated rings. The summed E-state index contributed by atoms with van der Waals surface area (Å²) >= 11 is 0. The van der Waals surface area contributed by atoms with E-state index in [1.165, 1.54) is 6.07 Å². The molecule has 1 aliphatic heterocycles. The van der Waals surface area contributed by atoms with Crippen LogP contribution in [0.3, 0.4) is 0 Å². The Morgan fingerprint density at radius 1 is 1.06 bits per heavy atom. The van der Waals surface area contributed by atoms with E-state index >= 15 is 0 Å². The average Bonchev–Trinajstić information content (AvgIpc) is 2.83. The number of nitrogens with one attached hydrogen (secondary N) is 1.